The van der Waals surface area contributed by atoms with Crippen molar-refractivity contribution in [3.8, 4) is 0 Å². The molecule has 1 unspecified atom stereocenters. The van der Waals surface area contributed by atoms with Crippen LogP contribution in [-0.2, 0) is 11.3 Å². The minimum absolute atomic E-state index is 0.111. The molecule has 9 heteroatoms. The van der Waals surface area contributed by atoms with Gasteiger partial charge in [0, 0.05) is 12.1 Å². The van der Waals surface area contributed by atoms with Crippen molar-refractivity contribution in [2.24, 2.45) is 17.3 Å². The van der Waals surface area contributed by atoms with E-state index in [1.165, 1.54) is 0 Å². The number of rotatable bonds is 6. The maximum Gasteiger partial charge on any atom is 0.256 e. The molecule has 1 atom stereocenters. The molecule has 20 heavy (non-hydrogen) atoms. The van der Waals surface area contributed by atoms with Gasteiger partial charge in [-0.1, -0.05) is 24.4 Å². The van der Waals surface area contributed by atoms with E-state index in [4.69, 9.17) is 29.5 Å². The average Bonchev–Trinajstić information content (AvgIpc) is 2.44. The van der Waals surface area contributed by atoms with E-state index in [0.29, 0.717) is 12.1 Å². The lowest BCUT2D eigenvalue weighted by molar-refractivity contribution is -0.117. The molecule has 0 aliphatic carbocycles. The van der Waals surface area contributed by atoms with Crippen LogP contribution < -0.4 is 33.6 Å². The molecule has 0 saturated heterocycles. The van der Waals surface area contributed by atoms with Gasteiger partial charge in [-0.2, -0.15) is 5.53 Å². The molecular formula is C11H16N6O2S. The van der Waals surface area contributed by atoms with Crippen LogP contribution in [0.3, 0.4) is 0 Å². The third kappa shape index (κ3) is 4.64. The second-order valence-corrected chi connectivity index (χ2v) is 4.33. The minimum Gasteiger partial charge on any atom is -0.368 e. The van der Waals surface area contributed by atoms with E-state index in [-0.39, 0.29) is 4.99 Å². The van der Waals surface area contributed by atoms with Gasteiger partial charge in [-0.15, -0.1) is 0 Å². The predicted molar refractivity (Wildman–Crippen MR) is 77.8 cm³/mol. The number of primary amides is 1. The summed E-state index contributed by atoms with van der Waals surface area (Å²) in [6.07, 6.45) is 0. The van der Waals surface area contributed by atoms with Gasteiger partial charge in [-0.3, -0.25) is 15.4 Å². The smallest absolute Gasteiger partial charge is 0.256 e. The largest absolute Gasteiger partial charge is 0.368 e. The fourth-order valence-electron chi connectivity index (χ4n) is 1.32. The third-order valence-electron chi connectivity index (χ3n) is 2.44. The Bertz CT molecular complexity index is 504. The first-order valence-electron chi connectivity index (χ1n) is 5.63. The van der Waals surface area contributed by atoms with E-state index in [9.17, 15) is 9.59 Å². The average molecular weight is 296 g/mol. The van der Waals surface area contributed by atoms with Crippen LogP contribution in [0.1, 0.15) is 15.9 Å². The van der Waals surface area contributed by atoms with Crippen LogP contribution in [0.4, 0.5) is 0 Å². The summed E-state index contributed by atoms with van der Waals surface area (Å²) in [7, 11) is 0. The van der Waals surface area contributed by atoms with Gasteiger partial charge in [0.2, 0.25) is 5.91 Å². The summed E-state index contributed by atoms with van der Waals surface area (Å²) in [5.41, 5.74) is 16.7. The number of carbonyl (C=O) groups is 2. The third-order valence-corrected chi connectivity index (χ3v) is 2.79. The Morgan fingerprint density at radius 3 is 2.35 bits per heavy atom. The molecule has 2 amide bonds. The summed E-state index contributed by atoms with van der Waals surface area (Å²) in [6.45, 7) is 0.503. The normalized spacial score (nSPS) is 11.7. The highest BCUT2D eigenvalue weighted by Crippen LogP contribution is 2.04. The zero-order valence-corrected chi connectivity index (χ0v) is 11.4. The van der Waals surface area contributed by atoms with Crippen LogP contribution in [0.25, 0.3) is 0 Å². The SMILES string of the molecule is NNNCc1ccc(C(=O)NC(=S)C(N)C(N)=O)cc1. The molecule has 8 nitrogen and oxygen atoms in total. The van der Waals surface area contributed by atoms with E-state index >= 15 is 0 Å². The fourth-order valence-corrected chi connectivity index (χ4v) is 1.53. The number of nitrogens with two attached hydrogens (primary N) is 3. The van der Waals surface area contributed by atoms with Crippen LogP contribution in [0.2, 0.25) is 0 Å². The number of benzene rings is 1. The van der Waals surface area contributed by atoms with Crippen molar-refractivity contribution in [3.05, 3.63) is 35.4 Å². The molecule has 0 bridgehead atoms. The highest BCUT2D eigenvalue weighted by Gasteiger charge is 2.18. The second kappa shape index (κ2) is 7.62. The van der Waals surface area contributed by atoms with Crippen LogP contribution in [0.15, 0.2) is 24.3 Å². The van der Waals surface area contributed by atoms with Gasteiger partial charge >= 0.3 is 0 Å². The lowest BCUT2D eigenvalue weighted by Crippen LogP contribution is -2.49. The Kier molecular flexibility index (Phi) is 6.15. The van der Waals surface area contributed by atoms with Crippen LogP contribution in [0.5, 0.6) is 0 Å². The summed E-state index contributed by atoms with van der Waals surface area (Å²) in [5.74, 6) is 3.82. The van der Waals surface area contributed by atoms with Gasteiger partial charge < -0.3 is 16.8 Å². The highest BCUT2D eigenvalue weighted by molar-refractivity contribution is 7.80. The highest BCUT2D eigenvalue weighted by atomic mass is 32.1. The van der Waals surface area contributed by atoms with Gasteiger partial charge in [0.15, 0.2) is 0 Å². The summed E-state index contributed by atoms with van der Waals surface area (Å²) in [6, 6.07) is 5.53. The number of amides is 2. The fraction of sp³-hybridized carbons (Fsp3) is 0.182. The van der Waals surface area contributed by atoms with E-state index in [0.717, 1.165) is 5.56 Å². The first-order valence-corrected chi connectivity index (χ1v) is 6.04. The van der Waals surface area contributed by atoms with Crippen molar-refractivity contribution < 1.29 is 9.59 Å². The maximum atomic E-state index is 11.9. The molecule has 0 saturated carbocycles. The topological polar surface area (TPSA) is 148 Å². The zero-order valence-electron chi connectivity index (χ0n) is 10.6. The van der Waals surface area contributed by atoms with Crippen molar-refractivity contribution in [1.29, 1.82) is 0 Å². The Hall–Kier alpha value is -1.91. The number of hydrazine groups is 2. The summed E-state index contributed by atoms with van der Waals surface area (Å²) in [4.78, 5) is 22.6. The molecular weight excluding hydrogens is 280 g/mol. The monoisotopic (exact) mass is 296 g/mol. The number of hydrogen-bond acceptors (Lipinski definition) is 7. The van der Waals surface area contributed by atoms with Crippen LogP contribution in [-0.4, -0.2) is 22.8 Å². The molecule has 0 radical (unpaired) electrons. The van der Waals surface area contributed by atoms with Gasteiger partial charge in [0.25, 0.3) is 5.91 Å². The number of hydrogen-bond donors (Lipinski definition) is 6. The maximum absolute atomic E-state index is 11.9. The van der Waals surface area contributed by atoms with E-state index in [2.05, 4.69) is 16.3 Å². The van der Waals surface area contributed by atoms with Crippen molar-refractivity contribution in [3.63, 3.8) is 0 Å². The quantitative estimate of drug-likeness (QED) is 0.202. The van der Waals surface area contributed by atoms with Crippen molar-refractivity contribution in [2.75, 3.05) is 0 Å². The van der Waals surface area contributed by atoms with Gasteiger partial charge in [-0.05, 0) is 17.7 Å². The first kappa shape index (κ1) is 16.1. The molecule has 0 spiro atoms. The van der Waals surface area contributed by atoms with E-state index in [1.54, 1.807) is 24.3 Å². The number of thiocarbonyl (C=S) groups is 1. The Morgan fingerprint density at radius 2 is 1.85 bits per heavy atom. The van der Waals surface area contributed by atoms with Crippen molar-refractivity contribution in [1.82, 2.24) is 16.3 Å². The summed E-state index contributed by atoms with van der Waals surface area (Å²) < 4.78 is 0. The molecule has 9 N–H and O–H groups in total. The summed E-state index contributed by atoms with van der Waals surface area (Å²) in [5, 5.41) is 2.36. The molecule has 0 aliphatic rings. The molecule has 1 rings (SSSR count). The van der Waals surface area contributed by atoms with Crippen LogP contribution in [0, 0.1) is 0 Å². The van der Waals surface area contributed by atoms with Gasteiger partial charge in [0.1, 0.15) is 11.0 Å². The molecule has 0 aromatic heterocycles. The Labute approximate surface area is 121 Å². The number of nitrogens with one attached hydrogen (secondary N) is 3. The zero-order chi connectivity index (χ0) is 15.1. The molecule has 1 aromatic rings. The minimum atomic E-state index is -1.19. The van der Waals surface area contributed by atoms with E-state index in [1.807, 2.05) is 0 Å². The lowest BCUT2D eigenvalue weighted by atomic mass is 10.1. The molecule has 1 aromatic carbocycles. The summed E-state index contributed by atoms with van der Waals surface area (Å²) >= 11 is 4.82. The van der Waals surface area contributed by atoms with E-state index < -0.39 is 17.9 Å². The van der Waals surface area contributed by atoms with Crippen LogP contribution >= 0.6 is 12.2 Å². The molecule has 108 valence electrons. The standard InChI is InChI=1S/C11H16N6O2S/c12-8(9(13)18)11(20)16-10(19)7-3-1-6(2-4-7)5-15-17-14/h1-4,8,15,17H,5,12,14H2,(H2,13,18)(H,16,19,20). The van der Waals surface area contributed by atoms with Gasteiger partial charge in [0.05, 0.1) is 0 Å². The second-order valence-electron chi connectivity index (χ2n) is 3.89. The first-order chi connectivity index (χ1) is 9.45. The predicted octanol–water partition coefficient (Wildman–Crippen LogP) is -1.98. The van der Waals surface area contributed by atoms with Gasteiger partial charge in [-0.25, -0.2) is 5.43 Å². The van der Waals surface area contributed by atoms with Crippen molar-refractivity contribution in [2.45, 2.75) is 12.6 Å². The molecule has 0 heterocycles. The lowest BCUT2D eigenvalue weighted by Gasteiger charge is -2.11. The Balaban J connectivity index is 2.64. The molecule has 0 fully saturated rings. The van der Waals surface area contributed by atoms with Crippen molar-refractivity contribution >= 4 is 29.0 Å². The Morgan fingerprint density at radius 1 is 1.25 bits per heavy atom. The molecule has 0 aliphatic heterocycles. The number of carbonyl (C=O) groups excluding carboxylic acids is 2.